The second-order valence-corrected chi connectivity index (χ2v) is 4.46. The number of fused-ring (bicyclic) bond motifs is 1. The van der Waals surface area contributed by atoms with Crippen molar-refractivity contribution in [2.75, 3.05) is 11.9 Å². The molecule has 0 aliphatic carbocycles. The molecule has 3 rings (SSSR count). The van der Waals surface area contributed by atoms with E-state index in [-0.39, 0.29) is 5.56 Å². The molecular weight excluding hydrogens is 270 g/mol. The molecule has 1 aromatic carbocycles. The number of pyridine rings is 1. The standard InChI is InChI=1S/C14H13N5O2/c20-14(21)12-9-16-13(11-4-2-1-3-10(11)12)15-5-7-19-8-6-17-18-19/h1-4,6,8-9H,5,7H2,(H,15,16)(H,20,21). The van der Waals surface area contributed by atoms with Gasteiger partial charge < -0.3 is 10.4 Å². The van der Waals surface area contributed by atoms with E-state index >= 15 is 0 Å². The van der Waals surface area contributed by atoms with E-state index in [4.69, 9.17) is 0 Å². The highest BCUT2D eigenvalue weighted by molar-refractivity contribution is 6.06. The second kappa shape index (κ2) is 5.58. The number of hydrogen-bond donors (Lipinski definition) is 2. The van der Waals surface area contributed by atoms with Crippen LogP contribution in [0.2, 0.25) is 0 Å². The van der Waals surface area contributed by atoms with Crippen LogP contribution in [0.5, 0.6) is 0 Å². The van der Waals surface area contributed by atoms with E-state index in [1.54, 1.807) is 23.1 Å². The van der Waals surface area contributed by atoms with Gasteiger partial charge in [-0.3, -0.25) is 4.68 Å². The molecule has 0 aliphatic heterocycles. The quantitative estimate of drug-likeness (QED) is 0.739. The Kier molecular flexibility index (Phi) is 3.46. The number of hydrogen-bond acceptors (Lipinski definition) is 5. The van der Waals surface area contributed by atoms with Crippen LogP contribution in [0.3, 0.4) is 0 Å². The Bertz CT molecular complexity index is 770. The van der Waals surface area contributed by atoms with E-state index in [9.17, 15) is 9.90 Å². The van der Waals surface area contributed by atoms with Gasteiger partial charge in [0.2, 0.25) is 0 Å². The third-order valence-electron chi connectivity index (χ3n) is 3.13. The zero-order valence-electron chi connectivity index (χ0n) is 11.1. The Balaban J connectivity index is 1.85. The Hall–Kier alpha value is -2.96. The predicted octanol–water partition coefficient (Wildman–Crippen LogP) is 1.64. The van der Waals surface area contributed by atoms with Gasteiger partial charge in [-0.05, 0) is 0 Å². The average molecular weight is 283 g/mol. The molecule has 0 spiro atoms. The molecule has 0 saturated carbocycles. The van der Waals surface area contributed by atoms with E-state index in [2.05, 4.69) is 20.6 Å². The van der Waals surface area contributed by atoms with Crippen molar-refractivity contribution in [1.82, 2.24) is 20.0 Å². The number of nitrogens with zero attached hydrogens (tertiary/aromatic N) is 4. The molecule has 0 amide bonds. The van der Waals surface area contributed by atoms with Crippen molar-refractivity contribution in [1.29, 1.82) is 0 Å². The van der Waals surface area contributed by atoms with Gasteiger partial charge in [-0.2, -0.15) is 0 Å². The summed E-state index contributed by atoms with van der Waals surface area (Å²) in [4.78, 5) is 15.4. The maximum Gasteiger partial charge on any atom is 0.337 e. The first-order valence-electron chi connectivity index (χ1n) is 6.45. The number of carbonyl (C=O) groups is 1. The van der Waals surface area contributed by atoms with E-state index < -0.39 is 5.97 Å². The van der Waals surface area contributed by atoms with Crippen molar-refractivity contribution in [2.45, 2.75) is 6.54 Å². The molecule has 2 N–H and O–H groups in total. The molecule has 0 atom stereocenters. The summed E-state index contributed by atoms with van der Waals surface area (Å²) in [7, 11) is 0. The van der Waals surface area contributed by atoms with Gasteiger partial charge in [-0.1, -0.05) is 29.5 Å². The van der Waals surface area contributed by atoms with Crippen LogP contribution in [0, 0.1) is 0 Å². The summed E-state index contributed by atoms with van der Waals surface area (Å²) in [5.74, 6) is -0.316. The number of rotatable bonds is 5. The first-order chi connectivity index (χ1) is 10.3. The number of anilines is 1. The molecule has 7 heteroatoms. The van der Waals surface area contributed by atoms with E-state index in [0.717, 1.165) is 5.39 Å². The molecule has 0 bridgehead atoms. The fourth-order valence-electron chi connectivity index (χ4n) is 2.14. The summed E-state index contributed by atoms with van der Waals surface area (Å²) in [6, 6.07) is 7.31. The Morgan fingerprint density at radius 3 is 2.81 bits per heavy atom. The van der Waals surface area contributed by atoms with Crippen LogP contribution in [0.15, 0.2) is 42.9 Å². The van der Waals surface area contributed by atoms with Crippen molar-refractivity contribution in [3.05, 3.63) is 48.4 Å². The Morgan fingerprint density at radius 1 is 1.29 bits per heavy atom. The van der Waals surface area contributed by atoms with Crippen molar-refractivity contribution in [3.63, 3.8) is 0 Å². The highest BCUT2D eigenvalue weighted by atomic mass is 16.4. The van der Waals surface area contributed by atoms with E-state index in [1.807, 2.05) is 18.2 Å². The van der Waals surface area contributed by atoms with Crippen LogP contribution in [0.1, 0.15) is 10.4 Å². The minimum absolute atomic E-state index is 0.201. The lowest BCUT2D eigenvalue weighted by molar-refractivity contribution is 0.0698. The molecule has 3 aromatic rings. The van der Waals surface area contributed by atoms with Gasteiger partial charge in [0.15, 0.2) is 0 Å². The predicted molar refractivity (Wildman–Crippen MR) is 77.2 cm³/mol. The summed E-state index contributed by atoms with van der Waals surface area (Å²) < 4.78 is 1.71. The minimum Gasteiger partial charge on any atom is -0.478 e. The maximum absolute atomic E-state index is 11.2. The van der Waals surface area contributed by atoms with Crippen LogP contribution >= 0.6 is 0 Å². The highest BCUT2D eigenvalue weighted by Crippen LogP contribution is 2.24. The lowest BCUT2D eigenvalue weighted by atomic mass is 10.1. The first kappa shape index (κ1) is 13.0. The number of aromatic nitrogens is 4. The van der Waals surface area contributed by atoms with Gasteiger partial charge in [0.25, 0.3) is 0 Å². The van der Waals surface area contributed by atoms with Gasteiger partial charge in [0, 0.05) is 29.7 Å². The molecule has 2 heterocycles. The minimum atomic E-state index is -0.979. The summed E-state index contributed by atoms with van der Waals surface area (Å²) >= 11 is 0. The molecule has 0 fully saturated rings. The Labute approximate surface area is 120 Å². The van der Waals surface area contributed by atoms with Crippen molar-refractivity contribution in [2.24, 2.45) is 0 Å². The normalized spacial score (nSPS) is 10.7. The average Bonchev–Trinajstić information content (AvgIpc) is 3.00. The molecule has 0 radical (unpaired) electrons. The van der Waals surface area contributed by atoms with Crippen molar-refractivity contribution >= 4 is 22.6 Å². The summed E-state index contributed by atoms with van der Waals surface area (Å²) in [5, 5.41) is 21.5. The van der Waals surface area contributed by atoms with Crippen molar-refractivity contribution in [3.8, 4) is 0 Å². The van der Waals surface area contributed by atoms with Crippen LogP contribution < -0.4 is 5.32 Å². The smallest absolute Gasteiger partial charge is 0.337 e. The fourth-order valence-corrected chi connectivity index (χ4v) is 2.14. The van der Waals surface area contributed by atoms with Gasteiger partial charge in [-0.15, -0.1) is 5.10 Å². The highest BCUT2D eigenvalue weighted by Gasteiger charge is 2.11. The first-order valence-corrected chi connectivity index (χ1v) is 6.45. The largest absolute Gasteiger partial charge is 0.478 e. The molecular formula is C14H13N5O2. The van der Waals surface area contributed by atoms with Crippen LogP contribution in [-0.2, 0) is 6.54 Å². The lowest BCUT2D eigenvalue weighted by Crippen LogP contribution is -2.12. The lowest BCUT2D eigenvalue weighted by Gasteiger charge is -2.10. The monoisotopic (exact) mass is 283 g/mol. The van der Waals surface area contributed by atoms with Crippen LogP contribution in [0.25, 0.3) is 10.8 Å². The number of nitrogens with one attached hydrogen (secondary N) is 1. The number of carboxylic acids is 1. The summed E-state index contributed by atoms with van der Waals surface area (Å²) in [6.45, 7) is 1.27. The summed E-state index contributed by atoms with van der Waals surface area (Å²) in [6.07, 6.45) is 4.78. The zero-order valence-corrected chi connectivity index (χ0v) is 11.1. The maximum atomic E-state index is 11.2. The Morgan fingerprint density at radius 2 is 2.10 bits per heavy atom. The van der Waals surface area contributed by atoms with Gasteiger partial charge in [0.05, 0.1) is 18.3 Å². The molecule has 2 aromatic heterocycles. The SMILES string of the molecule is O=C(O)c1cnc(NCCn2ccnn2)c2ccccc12. The topological polar surface area (TPSA) is 92.9 Å². The molecule has 7 nitrogen and oxygen atoms in total. The number of aromatic carboxylic acids is 1. The fraction of sp³-hybridized carbons (Fsp3) is 0.143. The summed E-state index contributed by atoms with van der Waals surface area (Å²) in [5.41, 5.74) is 0.201. The van der Waals surface area contributed by atoms with Crippen LogP contribution in [0.4, 0.5) is 5.82 Å². The van der Waals surface area contributed by atoms with E-state index in [1.165, 1.54) is 6.20 Å². The van der Waals surface area contributed by atoms with E-state index in [0.29, 0.717) is 24.3 Å². The number of benzene rings is 1. The molecule has 0 unspecified atom stereocenters. The molecule has 106 valence electrons. The van der Waals surface area contributed by atoms with Crippen molar-refractivity contribution < 1.29 is 9.90 Å². The van der Waals surface area contributed by atoms with Gasteiger partial charge >= 0.3 is 5.97 Å². The second-order valence-electron chi connectivity index (χ2n) is 4.46. The molecule has 21 heavy (non-hydrogen) atoms. The van der Waals surface area contributed by atoms with Gasteiger partial charge in [0.1, 0.15) is 5.82 Å². The third-order valence-corrected chi connectivity index (χ3v) is 3.13. The van der Waals surface area contributed by atoms with Gasteiger partial charge in [-0.25, -0.2) is 9.78 Å². The number of carboxylic acid groups (broad SMARTS) is 1. The third kappa shape index (κ3) is 2.66. The van der Waals surface area contributed by atoms with Crippen LogP contribution in [-0.4, -0.2) is 37.6 Å². The molecule has 0 saturated heterocycles. The molecule has 0 aliphatic rings. The zero-order chi connectivity index (χ0) is 14.7.